The maximum Gasteiger partial charge on any atom is 0.296 e. The third kappa shape index (κ3) is 1.06. The van der Waals surface area contributed by atoms with Crippen LogP contribution in [0.25, 0.3) is 0 Å². The fourth-order valence-electron chi connectivity index (χ4n) is 0.986. The van der Waals surface area contributed by atoms with Gasteiger partial charge in [0.05, 0.1) is 0 Å². The van der Waals surface area contributed by atoms with Crippen LogP contribution < -0.4 is 0 Å². The van der Waals surface area contributed by atoms with Gasteiger partial charge in [0, 0.05) is 0 Å². The summed E-state index contributed by atoms with van der Waals surface area (Å²) in [4.78, 5) is 0. The summed E-state index contributed by atoms with van der Waals surface area (Å²) in [6, 6.07) is 0. The molecular formula is C6H10F2O. The van der Waals surface area contributed by atoms with Gasteiger partial charge in [-0.05, 0) is 5.92 Å². The summed E-state index contributed by atoms with van der Waals surface area (Å²) in [7, 11) is 0. The first-order chi connectivity index (χ1) is 4.04. The van der Waals surface area contributed by atoms with Crippen LogP contribution in [0.2, 0.25) is 0 Å². The Morgan fingerprint density at radius 2 is 2.11 bits per heavy atom. The van der Waals surface area contributed by atoms with Crippen molar-refractivity contribution < 1.29 is 13.5 Å². The molecule has 1 saturated heterocycles. The van der Waals surface area contributed by atoms with Crippen LogP contribution in [-0.2, 0) is 4.74 Å². The van der Waals surface area contributed by atoms with Crippen molar-refractivity contribution in [2.45, 2.75) is 25.9 Å². The Bertz CT molecular complexity index is 112. The lowest BCUT2D eigenvalue weighted by Gasteiger charge is -2.38. The first-order valence-electron chi connectivity index (χ1n) is 3.03. The predicted molar refractivity (Wildman–Crippen MR) is 29.5 cm³/mol. The van der Waals surface area contributed by atoms with Crippen LogP contribution in [0, 0.1) is 5.92 Å². The van der Waals surface area contributed by atoms with Gasteiger partial charge in [-0.1, -0.05) is 13.8 Å². The Morgan fingerprint density at radius 3 is 2.11 bits per heavy atom. The second kappa shape index (κ2) is 1.90. The molecule has 9 heavy (non-hydrogen) atoms. The van der Waals surface area contributed by atoms with Crippen molar-refractivity contribution in [2.75, 3.05) is 6.61 Å². The van der Waals surface area contributed by atoms with Crippen molar-refractivity contribution in [3.63, 3.8) is 0 Å². The van der Waals surface area contributed by atoms with E-state index in [0.29, 0.717) is 0 Å². The minimum Gasteiger partial charge on any atom is -0.365 e. The Morgan fingerprint density at radius 1 is 1.56 bits per heavy atom. The molecule has 0 radical (unpaired) electrons. The molecule has 1 fully saturated rings. The number of halogens is 2. The van der Waals surface area contributed by atoms with Crippen molar-refractivity contribution in [3.05, 3.63) is 0 Å². The van der Waals surface area contributed by atoms with Crippen molar-refractivity contribution in [1.29, 1.82) is 0 Å². The third-order valence-corrected chi connectivity index (χ3v) is 1.48. The van der Waals surface area contributed by atoms with Gasteiger partial charge in [0.2, 0.25) is 0 Å². The highest BCUT2D eigenvalue weighted by atomic mass is 19.3. The molecule has 0 aromatic rings. The van der Waals surface area contributed by atoms with Crippen molar-refractivity contribution >= 4 is 0 Å². The monoisotopic (exact) mass is 136 g/mol. The first-order valence-corrected chi connectivity index (χ1v) is 3.03. The zero-order valence-electron chi connectivity index (χ0n) is 5.53. The lowest BCUT2D eigenvalue weighted by Crippen LogP contribution is -2.54. The summed E-state index contributed by atoms with van der Waals surface area (Å²) < 4.78 is 29.3. The van der Waals surface area contributed by atoms with Gasteiger partial charge < -0.3 is 4.74 Å². The van der Waals surface area contributed by atoms with E-state index in [1.807, 2.05) is 0 Å². The van der Waals surface area contributed by atoms with Crippen LogP contribution in [0.1, 0.15) is 13.8 Å². The second-order valence-corrected chi connectivity index (χ2v) is 2.74. The Hall–Kier alpha value is -0.180. The van der Waals surface area contributed by atoms with Crippen molar-refractivity contribution in [3.8, 4) is 0 Å². The molecule has 0 N–H and O–H groups in total. The van der Waals surface area contributed by atoms with Gasteiger partial charge in [-0.2, -0.15) is 0 Å². The highest BCUT2D eigenvalue weighted by molar-refractivity contribution is 4.88. The van der Waals surface area contributed by atoms with Gasteiger partial charge in [0.15, 0.2) is 0 Å². The van der Waals surface area contributed by atoms with E-state index in [1.165, 1.54) is 0 Å². The SMILES string of the molecule is CC(C)C1OCC1(F)F. The summed E-state index contributed by atoms with van der Waals surface area (Å²) >= 11 is 0. The van der Waals surface area contributed by atoms with E-state index in [9.17, 15) is 8.78 Å². The molecule has 1 unspecified atom stereocenters. The van der Waals surface area contributed by atoms with Crippen LogP contribution in [0.5, 0.6) is 0 Å². The van der Waals surface area contributed by atoms with Crippen LogP contribution in [-0.4, -0.2) is 18.6 Å². The van der Waals surface area contributed by atoms with E-state index in [2.05, 4.69) is 4.74 Å². The van der Waals surface area contributed by atoms with E-state index in [-0.39, 0.29) is 5.92 Å². The molecule has 0 aromatic heterocycles. The molecule has 1 aliphatic heterocycles. The average molecular weight is 136 g/mol. The topological polar surface area (TPSA) is 9.23 Å². The van der Waals surface area contributed by atoms with E-state index in [1.54, 1.807) is 13.8 Å². The number of ether oxygens (including phenoxy) is 1. The van der Waals surface area contributed by atoms with Crippen LogP contribution in [0.15, 0.2) is 0 Å². The van der Waals surface area contributed by atoms with Gasteiger partial charge in [0.25, 0.3) is 5.92 Å². The van der Waals surface area contributed by atoms with Crippen molar-refractivity contribution in [1.82, 2.24) is 0 Å². The minimum absolute atomic E-state index is 0.0752. The van der Waals surface area contributed by atoms with Crippen LogP contribution in [0.3, 0.4) is 0 Å². The van der Waals surface area contributed by atoms with Gasteiger partial charge in [-0.15, -0.1) is 0 Å². The maximum absolute atomic E-state index is 12.3. The first kappa shape index (κ1) is 6.93. The molecule has 1 aliphatic rings. The molecule has 0 aliphatic carbocycles. The van der Waals surface area contributed by atoms with E-state index in [4.69, 9.17) is 0 Å². The average Bonchev–Trinajstić information content (AvgIpc) is 1.62. The summed E-state index contributed by atoms with van der Waals surface area (Å²) in [5, 5.41) is 0. The molecule has 0 saturated carbocycles. The molecule has 0 bridgehead atoms. The summed E-state index contributed by atoms with van der Waals surface area (Å²) in [5.41, 5.74) is 0. The van der Waals surface area contributed by atoms with Gasteiger partial charge in [-0.25, -0.2) is 8.78 Å². The molecule has 1 atom stereocenters. The fourth-order valence-corrected chi connectivity index (χ4v) is 0.986. The molecule has 0 aromatic carbocycles. The molecule has 0 amide bonds. The lowest BCUT2D eigenvalue weighted by atomic mass is 9.97. The highest BCUT2D eigenvalue weighted by Crippen LogP contribution is 2.35. The predicted octanol–water partition coefficient (Wildman–Crippen LogP) is 1.68. The zero-order chi connectivity index (χ0) is 7.07. The lowest BCUT2D eigenvalue weighted by molar-refractivity contribution is -0.277. The van der Waals surface area contributed by atoms with Gasteiger partial charge in [0.1, 0.15) is 12.7 Å². The molecule has 1 nitrogen and oxygen atoms in total. The van der Waals surface area contributed by atoms with Crippen LogP contribution >= 0.6 is 0 Å². The van der Waals surface area contributed by atoms with Crippen LogP contribution in [0.4, 0.5) is 8.78 Å². The Labute approximate surface area is 53.0 Å². The standard InChI is InChI=1S/C6H10F2O/c1-4(2)5-6(7,8)3-9-5/h4-5H,3H2,1-2H3. The molecular weight excluding hydrogens is 126 g/mol. The smallest absolute Gasteiger partial charge is 0.296 e. The largest absolute Gasteiger partial charge is 0.365 e. The Balaban J connectivity index is 2.45. The minimum atomic E-state index is -2.56. The third-order valence-electron chi connectivity index (χ3n) is 1.48. The summed E-state index contributed by atoms with van der Waals surface area (Å²) in [5.74, 6) is -2.64. The molecule has 3 heteroatoms. The number of rotatable bonds is 1. The van der Waals surface area contributed by atoms with Gasteiger partial charge in [-0.3, -0.25) is 0 Å². The number of hydrogen-bond donors (Lipinski definition) is 0. The molecule has 54 valence electrons. The molecule has 0 spiro atoms. The fraction of sp³-hybridized carbons (Fsp3) is 1.00. The number of alkyl halides is 2. The Kier molecular flexibility index (Phi) is 1.47. The zero-order valence-corrected chi connectivity index (χ0v) is 5.53. The summed E-state index contributed by atoms with van der Waals surface area (Å²) in [6.45, 7) is 3.07. The maximum atomic E-state index is 12.3. The highest BCUT2D eigenvalue weighted by Gasteiger charge is 2.51. The molecule has 1 rings (SSSR count). The summed E-state index contributed by atoms with van der Waals surface area (Å²) in [6.07, 6.45) is -0.836. The van der Waals surface area contributed by atoms with Gasteiger partial charge >= 0.3 is 0 Å². The normalized spacial score (nSPS) is 32.3. The quantitative estimate of drug-likeness (QED) is 0.532. The second-order valence-electron chi connectivity index (χ2n) is 2.74. The van der Waals surface area contributed by atoms with Crippen molar-refractivity contribution in [2.24, 2.45) is 5.92 Å². The molecule has 1 heterocycles. The van der Waals surface area contributed by atoms with E-state index >= 15 is 0 Å². The van der Waals surface area contributed by atoms with E-state index < -0.39 is 18.6 Å². The number of hydrogen-bond acceptors (Lipinski definition) is 1. The van der Waals surface area contributed by atoms with E-state index in [0.717, 1.165) is 0 Å².